The van der Waals surface area contributed by atoms with E-state index in [1.54, 1.807) is 36.4 Å². The number of amides is 1. The zero-order valence-corrected chi connectivity index (χ0v) is 12.0. The summed E-state index contributed by atoms with van der Waals surface area (Å²) >= 11 is 0. The monoisotopic (exact) mass is 324 g/mol. The van der Waals surface area contributed by atoms with Crippen LogP contribution in [0.3, 0.4) is 0 Å². The second-order valence-corrected chi connectivity index (χ2v) is 4.82. The molecule has 0 aliphatic carbocycles. The van der Waals surface area contributed by atoms with Crippen LogP contribution in [0.4, 0.5) is 18.9 Å². The van der Waals surface area contributed by atoms with Crippen LogP contribution in [0.25, 0.3) is 0 Å². The van der Waals surface area contributed by atoms with Crippen molar-refractivity contribution >= 4 is 11.6 Å². The molecule has 1 atom stereocenters. The van der Waals surface area contributed by atoms with Crippen LogP contribution in [0.15, 0.2) is 54.6 Å². The third-order valence-corrected chi connectivity index (χ3v) is 2.96. The van der Waals surface area contributed by atoms with Gasteiger partial charge in [-0.2, -0.15) is 13.2 Å². The van der Waals surface area contributed by atoms with Crippen molar-refractivity contribution in [2.75, 3.05) is 11.9 Å². The summed E-state index contributed by atoms with van der Waals surface area (Å²) in [6.45, 7) is -1.38. The summed E-state index contributed by atoms with van der Waals surface area (Å²) in [5.74, 6) is -0.554. The number of ether oxygens (including phenoxy) is 1. The number of primary amides is 1. The number of hydrogen-bond donors (Lipinski definition) is 2. The number of halogens is 3. The Labute approximate surface area is 131 Å². The second kappa shape index (κ2) is 7.04. The summed E-state index contributed by atoms with van der Waals surface area (Å²) in [5.41, 5.74) is 6.47. The third kappa shape index (κ3) is 5.21. The molecule has 2 aromatic rings. The topological polar surface area (TPSA) is 64.4 Å². The van der Waals surface area contributed by atoms with Gasteiger partial charge in [0, 0.05) is 11.8 Å². The van der Waals surface area contributed by atoms with Crippen LogP contribution >= 0.6 is 0 Å². The largest absolute Gasteiger partial charge is 0.484 e. The molecule has 0 radical (unpaired) electrons. The van der Waals surface area contributed by atoms with E-state index >= 15 is 0 Å². The van der Waals surface area contributed by atoms with Crippen LogP contribution in [-0.2, 0) is 4.79 Å². The van der Waals surface area contributed by atoms with E-state index in [1.165, 1.54) is 18.2 Å². The minimum Gasteiger partial charge on any atom is -0.484 e. The highest BCUT2D eigenvalue weighted by molar-refractivity contribution is 5.84. The molecule has 0 saturated carbocycles. The van der Waals surface area contributed by atoms with Crippen molar-refractivity contribution in [3.8, 4) is 5.75 Å². The maximum absolute atomic E-state index is 12.2. The molecule has 3 N–H and O–H groups in total. The quantitative estimate of drug-likeness (QED) is 0.857. The van der Waals surface area contributed by atoms with Crippen LogP contribution in [0, 0.1) is 0 Å². The van der Waals surface area contributed by atoms with E-state index in [-0.39, 0.29) is 5.75 Å². The van der Waals surface area contributed by atoms with E-state index in [1.807, 2.05) is 0 Å². The fourth-order valence-electron chi connectivity index (χ4n) is 1.97. The molecular formula is C16H15F3N2O2. The minimum absolute atomic E-state index is 0.0450. The van der Waals surface area contributed by atoms with Crippen molar-refractivity contribution < 1.29 is 22.7 Å². The Morgan fingerprint density at radius 3 is 2.43 bits per heavy atom. The molecule has 1 unspecified atom stereocenters. The Balaban J connectivity index is 2.13. The fraction of sp³-hybridized carbons (Fsp3) is 0.188. The molecule has 0 heterocycles. The Morgan fingerprint density at radius 1 is 1.13 bits per heavy atom. The normalized spacial score (nSPS) is 12.5. The van der Waals surface area contributed by atoms with Gasteiger partial charge in [-0.05, 0) is 17.7 Å². The number of hydrogen-bond acceptors (Lipinski definition) is 3. The highest BCUT2D eigenvalue weighted by Gasteiger charge is 2.28. The van der Waals surface area contributed by atoms with Crippen LogP contribution < -0.4 is 15.8 Å². The Kier molecular flexibility index (Phi) is 5.10. The number of anilines is 1. The molecule has 0 bridgehead atoms. The van der Waals surface area contributed by atoms with E-state index in [0.29, 0.717) is 11.3 Å². The average molecular weight is 324 g/mol. The number of nitrogens with one attached hydrogen (secondary N) is 1. The third-order valence-electron chi connectivity index (χ3n) is 2.96. The molecule has 2 aromatic carbocycles. The maximum Gasteiger partial charge on any atom is 0.422 e. The van der Waals surface area contributed by atoms with Gasteiger partial charge in [0.05, 0.1) is 0 Å². The SMILES string of the molecule is NC(=O)C(Nc1cccc(OCC(F)(F)F)c1)c1ccccc1. The van der Waals surface area contributed by atoms with Gasteiger partial charge in [0.25, 0.3) is 0 Å². The van der Waals surface area contributed by atoms with Gasteiger partial charge >= 0.3 is 6.18 Å². The van der Waals surface area contributed by atoms with E-state index in [2.05, 4.69) is 10.1 Å². The molecule has 0 aliphatic rings. The van der Waals surface area contributed by atoms with Crippen molar-refractivity contribution in [2.24, 2.45) is 5.73 Å². The molecule has 0 aliphatic heterocycles. The predicted octanol–water partition coefficient (Wildman–Crippen LogP) is 3.27. The van der Waals surface area contributed by atoms with Gasteiger partial charge in [-0.25, -0.2) is 0 Å². The highest BCUT2D eigenvalue weighted by Crippen LogP contribution is 2.24. The van der Waals surface area contributed by atoms with Crippen LogP contribution in [0.1, 0.15) is 11.6 Å². The van der Waals surface area contributed by atoms with Gasteiger partial charge in [0.1, 0.15) is 11.8 Å². The first-order chi connectivity index (χ1) is 10.8. The fourth-order valence-corrected chi connectivity index (χ4v) is 1.97. The van der Waals surface area contributed by atoms with E-state index in [4.69, 9.17) is 5.73 Å². The molecule has 23 heavy (non-hydrogen) atoms. The number of carbonyl (C=O) groups is 1. The highest BCUT2D eigenvalue weighted by atomic mass is 19.4. The molecule has 122 valence electrons. The van der Waals surface area contributed by atoms with Gasteiger partial charge in [0.2, 0.25) is 5.91 Å². The average Bonchev–Trinajstić information content (AvgIpc) is 2.51. The van der Waals surface area contributed by atoms with Crippen molar-refractivity contribution in [3.63, 3.8) is 0 Å². The first-order valence-corrected chi connectivity index (χ1v) is 6.75. The predicted molar refractivity (Wildman–Crippen MR) is 80.0 cm³/mol. The van der Waals surface area contributed by atoms with Crippen LogP contribution in [0.5, 0.6) is 5.75 Å². The summed E-state index contributed by atoms with van der Waals surface area (Å²) in [6.07, 6.45) is -4.41. The van der Waals surface area contributed by atoms with Gasteiger partial charge in [-0.1, -0.05) is 36.4 Å². The first kappa shape index (κ1) is 16.7. The standard InChI is InChI=1S/C16H15F3N2O2/c17-16(18,19)10-23-13-8-4-7-12(9-13)21-14(15(20)22)11-5-2-1-3-6-11/h1-9,14,21H,10H2,(H2,20,22). The van der Waals surface area contributed by atoms with E-state index in [0.717, 1.165) is 0 Å². The van der Waals surface area contributed by atoms with Crippen molar-refractivity contribution in [1.82, 2.24) is 0 Å². The smallest absolute Gasteiger partial charge is 0.422 e. The first-order valence-electron chi connectivity index (χ1n) is 6.75. The van der Waals surface area contributed by atoms with Crippen molar-refractivity contribution in [3.05, 3.63) is 60.2 Å². The van der Waals surface area contributed by atoms with E-state index in [9.17, 15) is 18.0 Å². The van der Waals surface area contributed by atoms with Crippen LogP contribution in [0.2, 0.25) is 0 Å². The van der Waals surface area contributed by atoms with Crippen LogP contribution in [-0.4, -0.2) is 18.7 Å². The molecule has 7 heteroatoms. The summed E-state index contributed by atoms with van der Waals surface area (Å²) in [5, 5.41) is 2.90. The summed E-state index contributed by atoms with van der Waals surface area (Å²) < 4.78 is 41.2. The lowest BCUT2D eigenvalue weighted by molar-refractivity contribution is -0.153. The number of alkyl halides is 3. The molecule has 0 fully saturated rings. The summed E-state index contributed by atoms with van der Waals surface area (Å²) in [6, 6.07) is 13.9. The Hall–Kier alpha value is -2.70. The van der Waals surface area contributed by atoms with Gasteiger partial charge in [0.15, 0.2) is 6.61 Å². The van der Waals surface area contributed by atoms with Gasteiger partial charge in [-0.3, -0.25) is 4.79 Å². The molecule has 0 aromatic heterocycles. The number of nitrogens with two attached hydrogens (primary N) is 1. The molecule has 0 spiro atoms. The van der Waals surface area contributed by atoms with Gasteiger partial charge in [-0.15, -0.1) is 0 Å². The Bertz CT molecular complexity index is 660. The lowest BCUT2D eigenvalue weighted by atomic mass is 10.1. The molecule has 1 amide bonds. The second-order valence-electron chi connectivity index (χ2n) is 4.82. The van der Waals surface area contributed by atoms with Gasteiger partial charge < -0.3 is 15.8 Å². The maximum atomic E-state index is 12.2. The van der Waals surface area contributed by atoms with E-state index < -0.39 is 24.7 Å². The zero-order chi connectivity index (χ0) is 16.9. The zero-order valence-electron chi connectivity index (χ0n) is 12.0. The molecule has 2 rings (SSSR count). The summed E-state index contributed by atoms with van der Waals surface area (Å²) in [4.78, 5) is 11.6. The van der Waals surface area contributed by atoms with Crippen molar-refractivity contribution in [1.29, 1.82) is 0 Å². The number of rotatable bonds is 6. The number of carbonyl (C=O) groups excluding carboxylic acids is 1. The van der Waals surface area contributed by atoms with Crippen molar-refractivity contribution in [2.45, 2.75) is 12.2 Å². The lowest BCUT2D eigenvalue weighted by Gasteiger charge is -2.18. The summed E-state index contributed by atoms with van der Waals surface area (Å²) in [7, 11) is 0. The molecule has 4 nitrogen and oxygen atoms in total. The molecule has 0 saturated heterocycles. The minimum atomic E-state index is -4.41. The Morgan fingerprint density at radius 2 is 1.83 bits per heavy atom. The lowest BCUT2D eigenvalue weighted by Crippen LogP contribution is -2.27. The number of benzene rings is 2. The molecular weight excluding hydrogens is 309 g/mol.